The number of aromatic nitrogens is 3. The average Bonchev–Trinajstić information content (AvgIpc) is 3.66. The minimum Gasteiger partial charge on any atom is -0.444 e. The molecule has 8 nitrogen and oxygen atoms in total. The number of carbonyl (C=O) groups excluding carboxylic acids is 1. The van der Waals surface area contributed by atoms with Crippen LogP contribution in [0.15, 0.2) is 39.9 Å². The maximum atomic E-state index is 14.9. The molecule has 1 aliphatic heterocycles. The third-order valence-electron chi connectivity index (χ3n) is 8.82. The number of benzene rings is 1. The van der Waals surface area contributed by atoms with Crippen LogP contribution >= 0.6 is 11.3 Å². The molecule has 0 radical (unpaired) electrons. The maximum Gasteiger partial charge on any atom is 0.236 e. The van der Waals surface area contributed by atoms with Crippen LogP contribution in [0.5, 0.6) is 0 Å². The molecule has 0 amide bonds. The molecule has 3 aromatic heterocycles. The Balaban J connectivity index is 1.73. The summed E-state index contributed by atoms with van der Waals surface area (Å²) >= 11 is 1.37. The van der Waals surface area contributed by atoms with Crippen molar-refractivity contribution < 1.29 is 23.1 Å². The lowest BCUT2D eigenvalue weighted by atomic mass is 9.81. The molecule has 4 aromatic rings. The third-order valence-corrected chi connectivity index (χ3v) is 10.1. The summed E-state index contributed by atoms with van der Waals surface area (Å²) in [6.45, 7) is 13.0. The van der Waals surface area contributed by atoms with Crippen molar-refractivity contribution in [2.45, 2.75) is 104 Å². The molecule has 0 aliphatic carbocycles. The Morgan fingerprint density at radius 2 is 1.98 bits per heavy atom. The molecule has 1 unspecified atom stereocenters. The van der Waals surface area contributed by atoms with Crippen LogP contribution < -0.4 is 5.43 Å². The second-order valence-electron chi connectivity index (χ2n) is 12.3. The van der Waals surface area contributed by atoms with Crippen LogP contribution in [0, 0.1) is 12.7 Å². The van der Waals surface area contributed by atoms with Gasteiger partial charge in [0.25, 0.3) is 0 Å². The Labute approximate surface area is 261 Å². The van der Waals surface area contributed by atoms with Crippen LogP contribution in [0.4, 0.5) is 4.39 Å². The summed E-state index contributed by atoms with van der Waals surface area (Å²) in [7, 11) is 0. The fourth-order valence-electron chi connectivity index (χ4n) is 5.93. The molecule has 44 heavy (non-hydrogen) atoms. The molecular formula is C34H42FN3O5S. The van der Waals surface area contributed by atoms with Gasteiger partial charge in [-0.25, -0.2) is 9.37 Å². The van der Waals surface area contributed by atoms with Gasteiger partial charge in [-0.05, 0) is 81.2 Å². The minimum absolute atomic E-state index is 0.0458. The monoisotopic (exact) mass is 623 g/mol. The normalized spacial score (nSPS) is 16.0. The lowest BCUT2D eigenvalue weighted by Gasteiger charge is -2.31. The van der Waals surface area contributed by atoms with Gasteiger partial charge in [-0.2, -0.15) is 5.10 Å². The summed E-state index contributed by atoms with van der Waals surface area (Å²) in [5, 5.41) is 5.41. The molecule has 0 saturated carbocycles. The average molecular weight is 624 g/mol. The highest BCUT2D eigenvalue weighted by Crippen LogP contribution is 2.39. The first-order chi connectivity index (χ1) is 21.1. The number of ether oxygens (including phenoxy) is 2. The fraction of sp³-hybridized carbons (Fsp3) is 0.529. The van der Waals surface area contributed by atoms with E-state index in [1.165, 1.54) is 23.7 Å². The number of hydrogen-bond donors (Lipinski definition) is 0. The number of aryl methyl sites for hydroxylation is 1. The van der Waals surface area contributed by atoms with Crippen molar-refractivity contribution in [2.24, 2.45) is 0 Å². The highest BCUT2D eigenvalue weighted by molar-refractivity contribution is 7.22. The number of ketones is 1. The first kappa shape index (κ1) is 32.2. The van der Waals surface area contributed by atoms with E-state index in [4.69, 9.17) is 19.0 Å². The zero-order chi connectivity index (χ0) is 31.6. The summed E-state index contributed by atoms with van der Waals surface area (Å²) in [5.41, 5.74) is 1.31. The largest absolute Gasteiger partial charge is 0.444 e. The van der Waals surface area contributed by atoms with Gasteiger partial charge in [-0.1, -0.05) is 26.8 Å². The molecular weight excluding hydrogens is 581 g/mol. The van der Waals surface area contributed by atoms with Crippen molar-refractivity contribution >= 4 is 27.3 Å². The van der Waals surface area contributed by atoms with Gasteiger partial charge >= 0.3 is 0 Å². The number of thiophene rings is 1. The maximum absolute atomic E-state index is 14.9. The van der Waals surface area contributed by atoms with E-state index in [0.29, 0.717) is 42.2 Å². The lowest BCUT2D eigenvalue weighted by Crippen LogP contribution is -2.37. The summed E-state index contributed by atoms with van der Waals surface area (Å²) in [6.07, 6.45) is 5.78. The van der Waals surface area contributed by atoms with Crippen molar-refractivity contribution in [2.75, 3.05) is 13.2 Å². The van der Waals surface area contributed by atoms with Gasteiger partial charge in [0.15, 0.2) is 0 Å². The van der Waals surface area contributed by atoms with Gasteiger partial charge in [0, 0.05) is 19.6 Å². The van der Waals surface area contributed by atoms with Gasteiger partial charge in [0.2, 0.25) is 11.3 Å². The Morgan fingerprint density at radius 3 is 2.64 bits per heavy atom. The van der Waals surface area contributed by atoms with E-state index < -0.39 is 11.5 Å². The molecule has 1 aromatic carbocycles. The molecule has 0 spiro atoms. The number of Topliss-reactive ketones (excluding diaryl/α,β-unsaturated/α-hetero) is 1. The summed E-state index contributed by atoms with van der Waals surface area (Å²) in [4.78, 5) is 33.2. The quantitative estimate of drug-likeness (QED) is 0.160. The van der Waals surface area contributed by atoms with Gasteiger partial charge in [-0.3, -0.25) is 14.3 Å². The molecule has 0 bridgehead atoms. The predicted octanol–water partition coefficient (Wildman–Crippen LogP) is 7.66. The smallest absolute Gasteiger partial charge is 0.236 e. The Kier molecular flexibility index (Phi) is 9.82. The molecule has 1 aliphatic rings. The second-order valence-corrected chi connectivity index (χ2v) is 13.2. The first-order valence-electron chi connectivity index (χ1n) is 15.6. The summed E-state index contributed by atoms with van der Waals surface area (Å²) in [5.74, 6) is 0.207. The number of halogens is 1. The molecule has 0 N–H and O–H groups in total. The lowest BCUT2D eigenvalue weighted by molar-refractivity contribution is -0.123. The van der Waals surface area contributed by atoms with Crippen molar-refractivity contribution in [3.8, 4) is 10.8 Å². The second kappa shape index (κ2) is 13.4. The van der Waals surface area contributed by atoms with E-state index in [2.05, 4.69) is 18.8 Å². The predicted molar refractivity (Wildman–Crippen MR) is 170 cm³/mol. The standard InChI is InChI=1S/C34H42FN3O5S/c1-7-9-27(39)34(5,6)31-29(40)28-21(4)30(32-36-14-17-42-32)44-33(28)38(37-31)19-26(43-23-12-15-41-16-13-23)25-18-22(35)10-11-24(25)20(3)8-2/h10-11,14,17-18,20,23,26H,7-9,12-13,15-16,19H2,1-6H3/t20?,26-/m1/s1. The van der Waals surface area contributed by atoms with Gasteiger partial charge in [0.1, 0.15) is 34.5 Å². The SMILES string of the molecule is CCCC(=O)C(C)(C)c1nn(C[C@@H](OC2CCOCC2)c2cc(F)ccc2C(C)CC)c2sc(-c3ncco3)c(C)c2c1=O. The Bertz CT molecular complexity index is 1670. The zero-order valence-electron chi connectivity index (χ0n) is 26.4. The van der Waals surface area contributed by atoms with Crippen LogP contribution in [0.25, 0.3) is 21.0 Å². The van der Waals surface area contributed by atoms with Crippen LogP contribution in [0.3, 0.4) is 0 Å². The van der Waals surface area contributed by atoms with Crippen molar-refractivity contribution in [3.05, 3.63) is 69.1 Å². The van der Waals surface area contributed by atoms with Crippen molar-refractivity contribution in [3.63, 3.8) is 0 Å². The zero-order valence-corrected chi connectivity index (χ0v) is 27.3. The minimum atomic E-state index is -1.11. The van der Waals surface area contributed by atoms with E-state index in [9.17, 15) is 14.0 Å². The highest BCUT2D eigenvalue weighted by Gasteiger charge is 2.36. The molecule has 1 saturated heterocycles. The number of nitrogens with zero attached hydrogens (tertiary/aromatic N) is 3. The fourth-order valence-corrected chi connectivity index (χ4v) is 7.14. The highest BCUT2D eigenvalue weighted by atomic mass is 32.1. The van der Waals surface area contributed by atoms with Gasteiger partial charge < -0.3 is 13.9 Å². The van der Waals surface area contributed by atoms with Crippen LogP contribution in [0.2, 0.25) is 0 Å². The van der Waals surface area contributed by atoms with E-state index in [0.717, 1.165) is 40.8 Å². The van der Waals surface area contributed by atoms with Crippen molar-refractivity contribution in [1.29, 1.82) is 0 Å². The summed E-state index contributed by atoms with van der Waals surface area (Å²) in [6, 6.07) is 4.91. The van der Waals surface area contributed by atoms with Gasteiger partial charge in [0.05, 0.1) is 34.5 Å². The Morgan fingerprint density at radius 1 is 1.23 bits per heavy atom. The van der Waals surface area contributed by atoms with Crippen LogP contribution in [-0.2, 0) is 26.2 Å². The molecule has 1 fully saturated rings. The van der Waals surface area contributed by atoms with Crippen molar-refractivity contribution in [1.82, 2.24) is 14.8 Å². The number of fused-ring (bicyclic) bond motifs is 1. The topological polar surface area (TPSA) is 96.5 Å². The molecule has 236 valence electrons. The van der Waals surface area contributed by atoms with E-state index in [1.807, 2.05) is 19.9 Å². The number of oxazole rings is 1. The first-order valence-corrected chi connectivity index (χ1v) is 16.4. The molecule has 2 atom stereocenters. The van der Waals surface area contributed by atoms with E-state index >= 15 is 0 Å². The molecule has 5 rings (SSSR count). The number of carbonyl (C=O) groups is 1. The van der Waals surface area contributed by atoms with E-state index in [-0.39, 0.29) is 41.3 Å². The number of hydrogen-bond acceptors (Lipinski definition) is 8. The van der Waals surface area contributed by atoms with Gasteiger partial charge in [-0.15, -0.1) is 11.3 Å². The summed E-state index contributed by atoms with van der Waals surface area (Å²) < 4.78 is 34.7. The van der Waals surface area contributed by atoms with Crippen LogP contribution in [0.1, 0.15) is 101 Å². The van der Waals surface area contributed by atoms with E-state index in [1.54, 1.807) is 30.8 Å². The molecule has 10 heteroatoms. The third kappa shape index (κ3) is 6.30. The number of rotatable bonds is 12. The van der Waals surface area contributed by atoms with Crippen LogP contribution in [-0.4, -0.2) is 39.9 Å². The molecule has 4 heterocycles. The Hall–Kier alpha value is -3.21.